The van der Waals surface area contributed by atoms with E-state index in [0.717, 1.165) is 0 Å². The third-order valence-corrected chi connectivity index (χ3v) is 2.42. The van der Waals surface area contributed by atoms with Gasteiger partial charge in [-0.1, -0.05) is 6.08 Å². The van der Waals surface area contributed by atoms with Gasteiger partial charge in [0, 0.05) is 13.3 Å². The molecule has 6 heteroatoms. The van der Waals surface area contributed by atoms with Crippen molar-refractivity contribution in [2.75, 3.05) is 0 Å². The summed E-state index contributed by atoms with van der Waals surface area (Å²) in [7, 11) is 0. The van der Waals surface area contributed by atoms with Gasteiger partial charge in [0.2, 0.25) is 5.91 Å². The fourth-order valence-corrected chi connectivity index (χ4v) is 1.74. The summed E-state index contributed by atoms with van der Waals surface area (Å²) in [6, 6.07) is -0.890. The van der Waals surface area contributed by atoms with Crippen LogP contribution in [0.15, 0.2) is 12.2 Å². The zero-order chi connectivity index (χ0) is 14.6. The number of hydrogen-bond acceptors (Lipinski definition) is 4. The van der Waals surface area contributed by atoms with Crippen LogP contribution in [-0.2, 0) is 14.3 Å². The third-order valence-electron chi connectivity index (χ3n) is 2.42. The lowest BCUT2D eigenvalue weighted by Crippen LogP contribution is -2.53. The maximum atomic E-state index is 11.7. The highest BCUT2D eigenvalue weighted by atomic mass is 16.6. The molecule has 0 aromatic rings. The number of rotatable bonds is 2. The summed E-state index contributed by atoms with van der Waals surface area (Å²) in [4.78, 5) is 34.1. The van der Waals surface area contributed by atoms with E-state index in [-0.39, 0.29) is 18.1 Å². The summed E-state index contributed by atoms with van der Waals surface area (Å²) in [5.74, 6) is -0.317. The van der Waals surface area contributed by atoms with E-state index in [1.807, 2.05) is 0 Å². The molecular formula is C13H20N2O4. The minimum Gasteiger partial charge on any atom is -0.444 e. The Labute approximate surface area is 112 Å². The molecule has 0 radical (unpaired) electrons. The minimum atomic E-state index is -0.609. The molecule has 0 fully saturated rings. The molecule has 0 aromatic heterocycles. The van der Waals surface area contributed by atoms with Crippen molar-refractivity contribution in [1.29, 1.82) is 0 Å². The number of hydrogen-bond donors (Lipinski definition) is 2. The molecule has 2 atom stereocenters. The number of alkyl carbamates (subject to hydrolysis) is 1. The Hall–Kier alpha value is -1.85. The molecule has 0 unspecified atom stereocenters. The molecule has 0 heterocycles. The SMILES string of the molecule is CC(=O)N[C@H]1C=CC(=O)C[C@@H]1NC(=O)OC(C)(C)C. The summed E-state index contributed by atoms with van der Waals surface area (Å²) in [5, 5.41) is 5.29. The van der Waals surface area contributed by atoms with Crippen LogP contribution in [0.5, 0.6) is 0 Å². The first kappa shape index (κ1) is 15.2. The second-order valence-electron chi connectivity index (χ2n) is 5.51. The van der Waals surface area contributed by atoms with E-state index in [4.69, 9.17) is 4.74 Å². The molecule has 19 heavy (non-hydrogen) atoms. The molecule has 0 spiro atoms. The lowest BCUT2D eigenvalue weighted by Gasteiger charge is -2.29. The van der Waals surface area contributed by atoms with Crippen LogP contribution in [0.4, 0.5) is 4.79 Å². The van der Waals surface area contributed by atoms with Crippen molar-refractivity contribution in [3.8, 4) is 0 Å². The maximum absolute atomic E-state index is 11.7. The van der Waals surface area contributed by atoms with Crippen LogP contribution >= 0.6 is 0 Å². The Balaban J connectivity index is 2.67. The van der Waals surface area contributed by atoms with Crippen LogP contribution in [0.25, 0.3) is 0 Å². The Morgan fingerprint density at radius 3 is 2.47 bits per heavy atom. The van der Waals surface area contributed by atoms with Gasteiger partial charge in [-0.2, -0.15) is 0 Å². The second kappa shape index (κ2) is 5.86. The van der Waals surface area contributed by atoms with E-state index < -0.39 is 23.8 Å². The number of allylic oxidation sites excluding steroid dienone is 1. The van der Waals surface area contributed by atoms with Gasteiger partial charge >= 0.3 is 6.09 Å². The molecule has 6 nitrogen and oxygen atoms in total. The average molecular weight is 268 g/mol. The number of nitrogens with one attached hydrogen (secondary N) is 2. The van der Waals surface area contributed by atoms with Gasteiger partial charge < -0.3 is 15.4 Å². The molecule has 106 valence electrons. The number of carbonyl (C=O) groups excluding carboxylic acids is 3. The number of ketones is 1. The molecule has 1 rings (SSSR count). The summed E-state index contributed by atoms with van der Waals surface area (Å²) >= 11 is 0. The van der Waals surface area contributed by atoms with Crippen LogP contribution in [-0.4, -0.2) is 35.5 Å². The fraction of sp³-hybridized carbons (Fsp3) is 0.615. The van der Waals surface area contributed by atoms with Gasteiger partial charge in [-0.3, -0.25) is 9.59 Å². The highest BCUT2D eigenvalue weighted by Gasteiger charge is 2.29. The minimum absolute atomic E-state index is 0.0948. The van der Waals surface area contributed by atoms with Crippen LogP contribution in [0, 0.1) is 0 Å². The molecule has 2 amide bonds. The lowest BCUT2D eigenvalue weighted by atomic mass is 9.96. The quantitative estimate of drug-likeness (QED) is 0.779. The van der Waals surface area contributed by atoms with Gasteiger partial charge in [0.05, 0.1) is 12.1 Å². The zero-order valence-corrected chi connectivity index (χ0v) is 11.6. The van der Waals surface area contributed by atoms with E-state index in [9.17, 15) is 14.4 Å². The van der Waals surface area contributed by atoms with Crippen LogP contribution in [0.3, 0.4) is 0 Å². The van der Waals surface area contributed by atoms with Gasteiger partial charge in [0.1, 0.15) is 5.60 Å². The molecule has 0 bridgehead atoms. The predicted octanol–water partition coefficient (Wildman–Crippen LogP) is 0.913. The van der Waals surface area contributed by atoms with Gasteiger partial charge in [-0.25, -0.2) is 4.79 Å². The standard InChI is InChI=1S/C13H20N2O4/c1-8(16)14-10-6-5-9(17)7-11(10)15-12(18)19-13(2,3)4/h5-6,10-11H,7H2,1-4H3,(H,14,16)(H,15,18)/t10-,11-/m0/s1. The van der Waals surface area contributed by atoms with Crippen molar-refractivity contribution < 1.29 is 19.1 Å². The summed E-state index contributed by atoms with van der Waals surface area (Å²) in [6.07, 6.45) is 2.53. The third kappa shape index (κ3) is 5.54. The maximum Gasteiger partial charge on any atom is 0.407 e. The lowest BCUT2D eigenvalue weighted by molar-refractivity contribution is -0.120. The molecular weight excluding hydrogens is 248 g/mol. The van der Waals surface area contributed by atoms with Crippen molar-refractivity contribution >= 4 is 17.8 Å². The Morgan fingerprint density at radius 2 is 1.95 bits per heavy atom. The topological polar surface area (TPSA) is 84.5 Å². The van der Waals surface area contributed by atoms with Gasteiger partial charge in [-0.05, 0) is 26.8 Å². The van der Waals surface area contributed by atoms with Crippen molar-refractivity contribution in [2.24, 2.45) is 0 Å². The largest absolute Gasteiger partial charge is 0.444 e. The first-order valence-corrected chi connectivity index (χ1v) is 6.15. The van der Waals surface area contributed by atoms with E-state index in [2.05, 4.69) is 10.6 Å². The first-order chi connectivity index (χ1) is 8.67. The number of amides is 2. The molecule has 0 saturated heterocycles. The number of ether oxygens (including phenoxy) is 1. The molecule has 0 saturated carbocycles. The number of carbonyl (C=O) groups is 3. The van der Waals surface area contributed by atoms with Crippen molar-refractivity contribution in [2.45, 2.75) is 51.8 Å². The van der Waals surface area contributed by atoms with Crippen LogP contribution < -0.4 is 10.6 Å². The zero-order valence-electron chi connectivity index (χ0n) is 11.6. The summed E-state index contributed by atoms with van der Waals surface area (Å²) in [6.45, 7) is 6.65. The highest BCUT2D eigenvalue weighted by Crippen LogP contribution is 2.12. The van der Waals surface area contributed by atoms with E-state index in [0.29, 0.717) is 0 Å². The predicted molar refractivity (Wildman–Crippen MR) is 69.5 cm³/mol. The summed E-state index contributed by atoms with van der Waals surface area (Å²) < 4.78 is 5.13. The van der Waals surface area contributed by atoms with Crippen molar-refractivity contribution in [3.05, 3.63) is 12.2 Å². The van der Waals surface area contributed by atoms with E-state index in [1.165, 1.54) is 13.0 Å². The second-order valence-corrected chi connectivity index (χ2v) is 5.51. The molecule has 0 aliphatic heterocycles. The molecule has 2 N–H and O–H groups in total. The fourth-order valence-electron chi connectivity index (χ4n) is 1.74. The molecule has 1 aliphatic rings. The van der Waals surface area contributed by atoms with E-state index in [1.54, 1.807) is 26.8 Å². The summed E-state index contributed by atoms with van der Waals surface area (Å²) in [5.41, 5.74) is -0.609. The van der Waals surface area contributed by atoms with Gasteiger partial charge in [0.25, 0.3) is 0 Å². The van der Waals surface area contributed by atoms with E-state index >= 15 is 0 Å². The smallest absolute Gasteiger partial charge is 0.407 e. The van der Waals surface area contributed by atoms with Crippen molar-refractivity contribution in [3.63, 3.8) is 0 Å². The van der Waals surface area contributed by atoms with Crippen LogP contribution in [0.2, 0.25) is 0 Å². The Morgan fingerprint density at radius 1 is 1.32 bits per heavy atom. The Kier molecular flexibility index (Phi) is 4.69. The Bertz CT molecular complexity index is 409. The van der Waals surface area contributed by atoms with Gasteiger partial charge in [0.15, 0.2) is 5.78 Å². The van der Waals surface area contributed by atoms with Crippen LogP contribution in [0.1, 0.15) is 34.1 Å². The normalized spacial score (nSPS) is 22.8. The average Bonchev–Trinajstić information content (AvgIpc) is 2.18. The molecule has 1 aliphatic carbocycles. The first-order valence-electron chi connectivity index (χ1n) is 6.15. The van der Waals surface area contributed by atoms with Crippen molar-refractivity contribution in [1.82, 2.24) is 10.6 Å². The highest BCUT2D eigenvalue weighted by molar-refractivity contribution is 5.92. The molecule has 0 aromatic carbocycles. The van der Waals surface area contributed by atoms with Gasteiger partial charge in [-0.15, -0.1) is 0 Å². The monoisotopic (exact) mass is 268 g/mol.